The Balaban J connectivity index is 1.70. The molecule has 4 rings (SSSR count). The minimum Gasteiger partial charge on any atom is -0.306 e. The molecule has 1 amide bonds. The highest BCUT2D eigenvalue weighted by Gasteiger charge is 2.25. The maximum atomic E-state index is 13.3. The van der Waals surface area contributed by atoms with Gasteiger partial charge < -0.3 is 5.32 Å². The minimum atomic E-state index is -1.05. The normalized spacial score (nSPS) is 13.9. The molecule has 120 valence electrons. The molecule has 2 aromatic carbocycles. The molecule has 1 aliphatic carbocycles. The van der Waals surface area contributed by atoms with E-state index in [0.717, 1.165) is 22.9 Å². The molecule has 0 unspecified atom stereocenters. The number of benzene rings is 2. The van der Waals surface area contributed by atoms with Gasteiger partial charge in [-0.1, -0.05) is 18.2 Å². The fourth-order valence-corrected chi connectivity index (χ4v) is 2.90. The summed E-state index contributed by atoms with van der Waals surface area (Å²) >= 11 is 0. The van der Waals surface area contributed by atoms with E-state index in [1.807, 2.05) is 18.2 Å². The number of halogens is 2. The molecule has 0 saturated heterocycles. The number of hydrogen-bond donors (Lipinski definition) is 1. The molecule has 0 radical (unpaired) electrons. The van der Waals surface area contributed by atoms with E-state index in [1.54, 1.807) is 6.20 Å². The minimum absolute atomic E-state index is 0.0473. The van der Waals surface area contributed by atoms with Crippen molar-refractivity contribution >= 4 is 22.5 Å². The molecule has 3 aromatic rings. The first-order valence-electron chi connectivity index (χ1n) is 7.77. The zero-order chi connectivity index (χ0) is 16.7. The zero-order valence-corrected chi connectivity index (χ0v) is 12.7. The summed E-state index contributed by atoms with van der Waals surface area (Å²) < 4.78 is 26.3. The van der Waals surface area contributed by atoms with E-state index < -0.39 is 17.5 Å². The predicted octanol–water partition coefficient (Wildman–Crippen LogP) is 4.64. The van der Waals surface area contributed by atoms with Crippen LogP contribution in [-0.2, 0) is 0 Å². The van der Waals surface area contributed by atoms with Crippen LogP contribution in [-0.4, -0.2) is 10.9 Å². The Morgan fingerprint density at radius 1 is 1.04 bits per heavy atom. The van der Waals surface area contributed by atoms with Gasteiger partial charge in [-0.2, -0.15) is 0 Å². The van der Waals surface area contributed by atoms with Crippen molar-refractivity contribution < 1.29 is 13.6 Å². The molecule has 0 bridgehead atoms. The highest BCUT2D eigenvalue weighted by atomic mass is 19.2. The maximum absolute atomic E-state index is 13.3. The molecule has 1 saturated carbocycles. The Kier molecular flexibility index (Phi) is 3.49. The molecule has 3 nitrogen and oxygen atoms in total. The van der Waals surface area contributed by atoms with E-state index in [1.165, 1.54) is 24.5 Å². The fraction of sp³-hybridized carbons (Fsp3) is 0.158. The first-order valence-corrected chi connectivity index (χ1v) is 7.77. The molecule has 1 aliphatic rings. The highest BCUT2D eigenvalue weighted by Crippen LogP contribution is 2.43. The third-order valence-corrected chi connectivity index (χ3v) is 4.27. The predicted molar refractivity (Wildman–Crippen MR) is 88.0 cm³/mol. The number of fused-ring (bicyclic) bond motifs is 1. The lowest BCUT2D eigenvalue weighted by Crippen LogP contribution is -2.13. The van der Waals surface area contributed by atoms with Crippen LogP contribution in [0.2, 0.25) is 0 Å². The quantitative estimate of drug-likeness (QED) is 0.762. The van der Waals surface area contributed by atoms with E-state index in [0.29, 0.717) is 11.7 Å². The van der Waals surface area contributed by atoms with Gasteiger partial charge in [0.1, 0.15) is 5.82 Å². The van der Waals surface area contributed by atoms with Crippen molar-refractivity contribution in [3.63, 3.8) is 0 Å². The molecule has 24 heavy (non-hydrogen) atoms. The third kappa shape index (κ3) is 2.62. The molecule has 0 aliphatic heterocycles. The lowest BCUT2D eigenvalue weighted by atomic mass is 10.0. The zero-order valence-electron chi connectivity index (χ0n) is 12.7. The van der Waals surface area contributed by atoms with Gasteiger partial charge >= 0.3 is 0 Å². The average molecular weight is 324 g/mol. The number of pyridine rings is 1. The van der Waals surface area contributed by atoms with Crippen molar-refractivity contribution in [1.29, 1.82) is 0 Å². The van der Waals surface area contributed by atoms with Crippen LogP contribution in [0.4, 0.5) is 14.6 Å². The van der Waals surface area contributed by atoms with Gasteiger partial charge in [-0.15, -0.1) is 0 Å². The van der Waals surface area contributed by atoms with Crippen molar-refractivity contribution in [2.75, 3.05) is 5.32 Å². The largest absolute Gasteiger partial charge is 0.306 e. The van der Waals surface area contributed by atoms with Gasteiger partial charge in [-0.05, 0) is 54.0 Å². The van der Waals surface area contributed by atoms with Crippen LogP contribution in [0.15, 0.2) is 48.7 Å². The van der Waals surface area contributed by atoms with Crippen LogP contribution in [0.5, 0.6) is 0 Å². The summed E-state index contributed by atoms with van der Waals surface area (Å²) in [5.41, 5.74) is 1.31. The first kappa shape index (κ1) is 14.8. The van der Waals surface area contributed by atoms with Gasteiger partial charge in [0, 0.05) is 17.1 Å². The Labute approximate surface area is 137 Å². The Hall–Kier alpha value is -2.82. The van der Waals surface area contributed by atoms with E-state index in [-0.39, 0.29) is 5.56 Å². The lowest BCUT2D eigenvalue weighted by molar-refractivity contribution is 0.102. The number of nitrogens with zero attached hydrogens (tertiary/aromatic N) is 1. The fourth-order valence-electron chi connectivity index (χ4n) is 2.90. The SMILES string of the molecule is O=C(Nc1nccc2c(C3CC3)cccc12)c1ccc(F)c(F)c1. The molecule has 5 heteroatoms. The summed E-state index contributed by atoms with van der Waals surface area (Å²) in [6.07, 6.45) is 4.01. The van der Waals surface area contributed by atoms with Gasteiger partial charge in [-0.3, -0.25) is 4.79 Å². The number of anilines is 1. The molecular weight excluding hydrogens is 310 g/mol. The molecule has 1 N–H and O–H groups in total. The molecule has 1 heterocycles. The Morgan fingerprint density at radius 3 is 2.62 bits per heavy atom. The topological polar surface area (TPSA) is 42.0 Å². The second-order valence-corrected chi connectivity index (χ2v) is 5.96. The van der Waals surface area contributed by atoms with Crippen molar-refractivity contribution in [3.05, 3.63) is 71.4 Å². The van der Waals surface area contributed by atoms with E-state index in [4.69, 9.17) is 0 Å². The summed E-state index contributed by atoms with van der Waals surface area (Å²) in [4.78, 5) is 16.5. The lowest BCUT2D eigenvalue weighted by Gasteiger charge is -2.10. The number of hydrogen-bond acceptors (Lipinski definition) is 2. The standard InChI is InChI=1S/C19H14F2N2O/c20-16-7-6-12(10-17(16)21)19(24)23-18-15-3-1-2-13(11-4-5-11)14(15)8-9-22-18/h1-3,6-11H,4-5H2,(H,22,23,24). The summed E-state index contributed by atoms with van der Waals surface area (Å²) in [6.45, 7) is 0. The molecule has 1 fully saturated rings. The van der Waals surface area contributed by atoms with Crippen molar-refractivity contribution in [2.45, 2.75) is 18.8 Å². The first-order chi connectivity index (χ1) is 11.6. The van der Waals surface area contributed by atoms with Crippen LogP contribution in [0, 0.1) is 11.6 Å². The maximum Gasteiger partial charge on any atom is 0.256 e. The monoisotopic (exact) mass is 324 g/mol. The second-order valence-electron chi connectivity index (χ2n) is 5.96. The van der Waals surface area contributed by atoms with Crippen molar-refractivity contribution in [1.82, 2.24) is 4.98 Å². The van der Waals surface area contributed by atoms with E-state index in [9.17, 15) is 13.6 Å². The van der Waals surface area contributed by atoms with Crippen molar-refractivity contribution in [2.24, 2.45) is 0 Å². The molecule has 0 atom stereocenters. The van der Waals surface area contributed by atoms with Crippen LogP contribution >= 0.6 is 0 Å². The third-order valence-electron chi connectivity index (χ3n) is 4.27. The second kappa shape index (κ2) is 5.67. The van der Waals surface area contributed by atoms with Crippen LogP contribution < -0.4 is 5.32 Å². The Bertz CT molecular complexity index is 951. The summed E-state index contributed by atoms with van der Waals surface area (Å²) in [7, 11) is 0. The van der Waals surface area contributed by atoms with Crippen LogP contribution in [0.25, 0.3) is 10.8 Å². The number of carbonyl (C=O) groups is 1. The average Bonchev–Trinajstić information content (AvgIpc) is 3.42. The highest BCUT2D eigenvalue weighted by molar-refractivity contribution is 6.08. The van der Waals surface area contributed by atoms with Crippen LogP contribution in [0.3, 0.4) is 0 Å². The number of nitrogens with one attached hydrogen (secondary N) is 1. The van der Waals surface area contributed by atoms with Gasteiger partial charge in [0.2, 0.25) is 0 Å². The summed E-state index contributed by atoms with van der Waals surface area (Å²) in [5, 5.41) is 4.61. The van der Waals surface area contributed by atoms with Gasteiger partial charge in [0.15, 0.2) is 11.6 Å². The molecule has 1 aromatic heterocycles. The van der Waals surface area contributed by atoms with E-state index >= 15 is 0 Å². The van der Waals surface area contributed by atoms with Crippen molar-refractivity contribution in [3.8, 4) is 0 Å². The molecular formula is C19H14F2N2O. The number of aromatic nitrogens is 1. The molecule has 0 spiro atoms. The smallest absolute Gasteiger partial charge is 0.256 e. The number of rotatable bonds is 3. The van der Waals surface area contributed by atoms with Gasteiger partial charge in [0.05, 0.1) is 0 Å². The Morgan fingerprint density at radius 2 is 1.88 bits per heavy atom. The van der Waals surface area contributed by atoms with Gasteiger partial charge in [0.25, 0.3) is 5.91 Å². The number of amides is 1. The summed E-state index contributed by atoms with van der Waals surface area (Å²) in [6, 6.07) is 10.9. The number of carbonyl (C=O) groups excluding carboxylic acids is 1. The summed E-state index contributed by atoms with van der Waals surface area (Å²) in [5.74, 6) is -1.56. The van der Waals surface area contributed by atoms with Crippen LogP contribution in [0.1, 0.15) is 34.7 Å². The van der Waals surface area contributed by atoms with Gasteiger partial charge in [-0.25, -0.2) is 13.8 Å². The van der Waals surface area contributed by atoms with E-state index in [2.05, 4.69) is 16.4 Å².